The number of amides is 1. The number of carbonyl (C=O) groups excluding carboxylic acids is 2. The van der Waals surface area contributed by atoms with Crippen molar-refractivity contribution in [2.75, 3.05) is 18.1 Å². The number of esters is 1. The molecule has 0 saturated carbocycles. The molecule has 2 aromatic rings. The quantitative estimate of drug-likeness (QED) is 0.486. The van der Waals surface area contributed by atoms with Crippen molar-refractivity contribution in [1.82, 2.24) is 0 Å². The second-order valence-electron chi connectivity index (χ2n) is 5.88. The number of anilines is 1. The monoisotopic (exact) mass is 430 g/mol. The third kappa shape index (κ3) is 6.42. The Morgan fingerprint density at radius 1 is 1.26 bits per heavy atom. The molecule has 0 bridgehead atoms. The van der Waals surface area contributed by atoms with Crippen LogP contribution in [0.1, 0.15) is 23.3 Å². The lowest BCUT2D eigenvalue weighted by Gasteiger charge is -2.22. The fourth-order valence-electron chi connectivity index (χ4n) is 2.49. The summed E-state index contributed by atoms with van der Waals surface area (Å²) in [4.78, 5) is 25.8. The van der Waals surface area contributed by atoms with Crippen molar-refractivity contribution in [3.05, 3.63) is 58.0 Å². The minimum atomic E-state index is -0.656. The third-order valence-corrected chi connectivity index (χ3v) is 4.01. The molecule has 0 aliphatic carbocycles. The Morgan fingerprint density at radius 3 is 2.56 bits per heavy atom. The maximum Gasteiger partial charge on any atom is 0.331 e. The van der Waals surface area contributed by atoms with Crippen LogP contribution in [0.2, 0.25) is 0 Å². The Kier molecular flexibility index (Phi) is 7.38. The normalized spacial score (nSPS) is 10.6. The summed E-state index contributed by atoms with van der Waals surface area (Å²) in [5.41, 5.74) is 2.69. The average molecular weight is 431 g/mol. The van der Waals surface area contributed by atoms with Crippen molar-refractivity contribution in [2.24, 2.45) is 0 Å². The van der Waals surface area contributed by atoms with Gasteiger partial charge >= 0.3 is 5.97 Å². The van der Waals surface area contributed by atoms with Crippen molar-refractivity contribution >= 4 is 39.6 Å². The molecule has 1 aromatic carbocycles. The van der Waals surface area contributed by atoms with Crippen LogP contribution in [-0.4, -0.2) is 25.0 Å². The number of furan rings is 1. The van der Waals surface area contributed by atoms with Crippen LogP contribution in [0.3, 0.4) is 0 Å². The Hall–Kier alpha value is -2.85. The average Bonchev–Trinajstić information content (AvgIpc) is 3.03. The van der Waals surface area contributed by atoms with E-state index in [2.05, 4.69) is 15.9 Å². The molecule has 6 nitrogen and oxygen atoms in total. The maximum absolute atomic E-state index is 12.5. The Balaban J connectivity index is 2.01. The van der Waals surface area contributed by atoms with E-state index >= 15 is 0 Å². The zero-order valence-corrected chi connectivity index (χ0v) is 16.7. The van der Waals surface area contributed by atoms with E-state index in [1.54, 1.807) is 12.1 Å². The fourth-order valence-corrected chi connectivity index (χ4v) is 2.81. The number of hydrogen-bond acceptors (Lipinski definition) is 5. The van der Waals surface area contributed by atoms with E-state index in [-0.39, 0.29) is 13.0 Å². The molecule has 1 aromatic heterocycles. The van der Waals surface area contributed by atoms with Gasteiger partial charge in [0.1, 0.15) is 5.76 Å². The summed E-state index contributed by atoms with van der Waals surface area (Å²) in [6.45, 7) is 3.68. The van der Waals surface area contributed by atoms with Crippen molar-refractivity contribution < 1.29 is 18.7 Å². The van der Waals surface area contributed by atoms with Gasteiger partial charge in [0.2, 0.25) is 0 Å². The molecule has 0 spiro atoms. The molecule has 0 radical (unpaired) electrons. The van der Waals surface area contributed by atoms with Gasteiger partial charge in [0, 0.05) is 18.3 Å². The summed E-state index contributed by atoms with van der Waals surface area (Å²) < 4.78 is 10.8. The number of rotatable bonds is 7. The van der Waals surface area contributed by atoms with Gasteiger partial charge in [0.15, 0.2) is 11.3 Å². The second-order valence-corrected chi connectivity index (χ2v) is 6.66. The molecule has 0 aliphatic rings. The highest BCUT2D eigenvalue weighted by molar-refractivity contribution is 9.10. The van der Waals surface area contributed by atoms with Gasteiger partial charge in [-0.1, -0.05) is 6.07 Å². The van der Waals surface area contributed by atoms with Crippen LogP contribution in [0, 0.1) is 25.2 Å². The fraction of sp³-hybridized carbons (Fsp3) is 0.250. The molecule has 1 heterocycles. The van der Waals surface area contributed by atoms with Gasteiger partial charge in [0.05, 0.1) is 12.5 Å². The highest BCUT2D eigenvalue weighted by Crippen LogP contribution is 2.19. The highest BCUT2D eigenvalue weighted by Gasteiger charge is 2.17. The molecule has 27 heavy (non-hydrogen) atoms. The van der Waals surface area contributed by atoms with Gasteiger partial charge in [-0.3, -0.25) is 4.79 Å². The van der Waals surface area contributed by atoms with Gasteiger partial charge < -0.3 is 14.1 Å². The summed E-state index contributed by atoms with van der Waals surface area (Å²) in [5.74, 6) is -0.565. The number of aryl methyl sites for hydroxylation is 2. The smallest absolute Gasteiger partial charge is 0.331 e. The molecule has 0 N–H and O–H groups in total. The van der Waals surface area contributed by atoms with E-state index < -0.39 is 18.5 Å². The number of halogens is 1. The highest BCUT2D eigenvalue weighted by atomic mass is 79.9. The Morgan fingerprint density at radius 2 is 1.96 bits per heavy atom. The van der Waals surface area contributed by atoms with E-state index in [4.69, 9.17) is 14.4 Å². The van der Waals surface area contributed by atoms with E-state index in [1.807, 2.05) is 38.1 Å². The molecular weight excluding hydrogens is 412 g/mol. The summed E-state index contributed by atoms with van der Waals surface area (Å²) in [5, 5.41) is 8.86. The van der Waals surface area contributed by atoms with E-state index in [0.717, 1.165) is 11.1 Å². The van der Waals surface area contributed by atoms with Crippen LogP contribution in [0.15, 0.2) is 45.5 Å². The van der Waals surface area contributed by atoms with Crippen LogP contribution in [-0.2, 0) is 14.3 Å². The molecule has 0 unspecified atom stereocenters. The Bertz CT molecular complexity index is 875. The van der Waals surface area contributed by atoms with E-state index in [1.165, 1.54) is 17.1 Å². The van der Waals surface area contributed by atoms with Crippen molar-refractivity contribution in [1.29, 1.82) is 5.26 Å². The van der Waals surface area contributed by atoms with Gasteiger partial charge in [-0.2, -0.15) is 5.26 Å². The molecular formula is C20H19BrN2O4. The largest absolute Gasteiger partial charge is 0.452 e. The van der Waals surface area contributed by atoms with Crippen LogP contribution < -0.4 is 4.90 Å². The number of ether oxygens (including phenoxy) is 1. The first kappa shape index (κ1) is 20.5. The second kappa shape index (κ2) is 9.74. The lowest BCUT2D eigenvalue weighted by atomic mass is 10.1. The summed E-state index contributed by atoms with van der Waals surface area (Å²) >= 11 is 3.17. The van der Waals surface area contributed by atoms with Gasteiger partial charge in [-0.15, -0.1) is 0 Å². The molecule has 1 amide bonds. The molecule has 2 rings (SSSR count). The molecule has 0 fully saturated rings. The van der Waals surface area contributed by atoms with Crippen molar-refractivity contribution in [3.63, 3.8) is 0 Å². The summed E-state index contributed by atoms with van der Waals surface area (Å²) in [7, 11) is 0. The molecule has 0 aliphatic heterocycles. The molecule has 0 saturated heterocycles. The zero-order chi connectivity index (χ0) is 19.8. The van der Waals surface area contributed by atoms with Crippen molar-refractivity contribution in [3.8, 4) is 6.07 Å². The van der Waals surface area contributed by atoms with Crippen LogP contribution in [0.25, 0.3) is 6.08 Å². The number of hydrogen-bond donors (Lipinski definition) is 0. The minimum Gasteiger partial charge on any atom is -0.452 e. The minimum absolute atomic E-state index is 0.181. The standard InChI is InChI=1S/C20H19BrN2O4/c1-14-10-15(2)12-16(11-14)23(9-3-8-22)19(24)13-26-20(25)7-5-17-4-6-18(21)27-17/h4-7,10-12H,3,9,13H2,1-2H3/b7-5+. The lowest BCUT2D eigenvalue weighted by Crippen LogP contribution is -2.35. The Labute approximate surface area is 166 Å². The lowest BCUT2D eigenvalue weighted by molar-refractivity contribution is -0.142. The maximum atomic E-state index is 12.5. The first-order valence-electron chi connectivity index (χ1n) is 8.25. The first-order valence-corrected chi connectivity index (χ1v) is 9.04. The number of nitrogens with zero attached hydrogens (tertiary/aromatic N) is 2. The van der Waals surface area contributed by atoms with Crippen LogP contribution in [0.5, 0.6) is 0 Å². The van der Waals surface area contributed by atoms with E-state index in [0.29, 0.717) is 16.1 Å². The SMILES string of the molecule is Cc1cc(C)cc(N(CCC#N)C(=O)COC(=O)/C=C/c2ccc(Br)o2)c1. The van der Waals surface area contributed by atoms with Crippen LogP contribution >= 0.6 is 15.9 Å². The number of carbonyl (C=O) groups is 2. The first-order chi connectivity index (χ1) is 12.9. The van der Waals surface area contributed by atoms with Crippen LogP contribution in [0.4, 0.5) is 5.69 Å². The predicted octanol–water partition coefficient (Wildman–Crippen LogP) is 4.16. The summed E-state index contributed by atoms with van der Waals surface area (Å²) in [6, 6.07) is 11.1. The number of nitriles is 1. The molecule has 140 valence electrons. The van der Waals surface area contributed by atoms with Gasteiger partial charge in [-0.05, 0) is 71.2 Å². The third-order valence-electron chi connectivity index (χ3n) is 3.58. The molecule has 0 atom stereocenters. The zero-order valence-electron chi connectivity index (χ0n) is 15.1. The summed E-state index contributed by atoms with van der Waals surface area (Å²) in [6.07, 6.45) is 2.82. The van der Waals surface area contributed by atoms with Gasteiger partial charge in [0.25, 0.3) is 5.91 Å². The number of benzene rings is 1. The van der Waals surface area contributed by atoms with E-state index in [9.17, 15) is 9.59 Å². The molecule has 7 heteroatoms. The predicted molar refractivity (Wildman–Crippen MR) is 105 cm³/mol. The van der Waals surface area contributed by atoms with Crippen molar-refractivity contribution in [2.45, 2.75) is 20.3 Å². The van der Waals surface area contributed by atoms with Gasteiger partial charge in [-0.25, -0.2) is 4.79 Å². The topological polar surface area (TPSA) is 83.5 Å².